The molecular weight excluding hydrogens is 222 g/mol. The number of carbonyl (C=O) groups excluding carboxylic acids is 1. The van der Waals surface area contributed by atoms with Gasteiger partial charge in [-0.2, -0.15) is 0 Å². The summed E-state index contributed by atoms with van der Waals surface area (Å²) in [5, 5.41) is 30.8. The van der Waals surface area contributed by atoms with Crippen molar-refractivity contribution in [2.45, 2.75) is 25.9 Å². The number of hydrogen-bond acceptors (Lipinski definition) is 4. The molecule has 1 aromatic carbocycles. The zero-order valence-electron chi connectivity index (χ0n) is 9.68. The van der Waals surface area contributed by atoms with E-state index in [4.69, 9.17) is 0 Å². The molecule has 0 saturated carbocycles. The number of aliphatic hydroxyl groups excluding tert-OH is 1. The van der Waals surface area contributed by atoms with Crippen LogP contribution < -0.4 is 5.32 Å². The summed E-state index contributed by atoms with van der Waals surface area (Å²) >= 11 is 0. The van der Waals surface area contributed by atoms with Crippen LogP contribution in [0.3, 0.4) is 0 Å². The van der Waals surface area contributed by atoms with Crippen LogP contribution in [0.4, 0.5) is 0 Å². The van der Waals surface area contributed by atoms with Crippen LogP contribution in [0.5, 0.6) is 11.5 Å². The van der Waals surface area contributed by atoms with E-state index in [-0.39, 0.29) is 23.6 Å². The first-order valence-corrected chi connectivity index (χ1v) is 5.53. The van der Waals surface area contributed by atoms with Gasteiger partial charge >= 0.3 is 0 Å². The van der Waals surface area contributed by atoms with E-state index < -0.39 is 12.0 Å². The zero-order valence-corrected chi connectivity index (χ0v) is 9.68. The molecule has 0 aliphatic carbocycles. The number of benzene rings is 1. The molecular formula is C12H17NO4. The molecule has 1 amide bonds. The topological polar surface area (TPSA) is 89.8 Å². The second-order valence-electron chi connectivity index (χ2n) is 3.82. The first-order valence-electron chi connectivity index (χ1n) is 5.53. The first kappa shape index (κ1) is 13.3. The molecule has 0 bridgehead atoms. The van der Waals surface area contributed by atoms with E-state index in [1.54, 1.807) is 0 Å². The molecule has 1 aromatic rings. The number of phenolic OH excluding ortho intramolecular Hbond substituents is 2. The fourth-order valence-electron chi connectivity index (χ4n) is 1.50. The summed E-state index contributed by atoms with van der Waals surface area (Å²) < 4.78 is 0. The highest BCUT2D eigenvalue weighted by Crippen LogP contribution is 2.25. The first-order chi connectivity index (χ1) is 8.06. The van der Waals surface area contributed by atoms with Crippen molar-refractivity contribution >= 4 is 5.91 Å². The van der Waals surface area contributed by atoms with Gasteiger partial charge in [0, 0.05) is 6.54 Å². The Morgan fingerprint density at radius 3 is 2.47 bits per heavy atom. The molecule has 4 N–H and O–H groups in total. The lowest BCUT2D eigenvalue weighted by Crippen LogP contribution is -2.32. The molecule has 94 valence electrons. The third-order valence-corrected chi connectivity index (χ3v) is 2.37. The number of carbonyl (C=O) groups is 1. The largest absolute Gasteiger partial charge is 0.507 e. The molecule has 0 heterocycles. The molecule has 0 aliphatic rings. The number of amides is 1. The Balaban J connectivity index is 2.64. The van der Waals surface area contributed by atoms with Crippen molar-refractivity contribution in [3.05, 3.63) is 23.8 Å². The molecule has 0 saturated heterocycles. The monoisotopic (exact) mass is 239 g/mol. The lowest BCUT2D eigenvalue weighted by atomic mass is 10.1. The Morgan fingerprint density at radius 2 is 1.94 bits per heavy atom. The summed E-state index contributed by atoms with van der Waals surface area (Å²) in [6, 6.07) is 4.07. The maximum atomic E-state index is 11.7. The van der Waals surface area contributed by atoms with Crippen LogP contribution in [0.15, 0.2) is 18.2 Å². The van der Waals surface area contributed by atoms with Gasteiger partial charge in [-0.3, -0.25) is 4.79 Å². The van der Waals surface area contributed by atoms with Gasteiger partial charge in [-0.1, -0.05) is 19.4 Å². The van der Waals surface area contributed by atoms with E-state index in [0.29, 0.717) is 6.42 Å². The maximum absolute atomic E-state index is 11.7. The summed E-state index contributed by atoms with van der Waals surface area (Å²) in [5.74, 6) is -1.17. The second kappa shape index (κ2) is 6.10. The van der Waals surface area contributed by atoms with Gasteiger partial charge in [0.15, 0.2) is 0 Å². The minimum absolute atomic E-state index is 0.0977. The standard InChI is InChI=1S/C12H17NO4/c1-2-4-8(14)7-13-12(17)11-9(15)5-3-6-10(11)16/h3,5-6,8,14-16H,2,4,7H2,1H3,(H,13,17). The average Bonchev–Trinajstić information content (AvgIpc) is 2.26. The third kappa shape index (κ3) is 3.64. The molecule has 0 fully saturated rings. The number of rotatable bonds is 5. The molecule has 0 aliphatic heterocycles. The zero-order chi connectivity index (χ0) is 12.8. The van der Waals surface area contributed by atoms with Crippen LogP contribution in [0.25, 0.3) is 0 Å². The number of hydrogen-bond donors (Lipinski definition) is 4. The van der Waals surface area contributed by atoms with E-state index in [2.05, 4.69) is 5.32 Å². The van der Waals surface area contributed by atoms with Gasteiger partial charge in [0.25, 0.3) is 5.91 Å². The van der Waals surface area contributed by atoms with Crippen molar-refractivity contribution in [3.63, 3.8) is 0 Å². The van der Waals surface area contributed by atoms with Gasteiger partial charge in [0.1, 0.15) is 17.1 Å². The molecule has 1 rings (SSSR count). The van der Waals surface area contributed by atoms with Gasteiger partial charge < -0.3 is 20.6 Å². The lowest BCUT2D eigenvalue weighted by Gasteiger charge is -2.12. The summed E-state index contributed by atoms with van der Waals surface area (Å²) in [6.45, 7) is 2.03. The SMILES string of the molecule is CCCC(O)CNC(=O)c1c(O)cccc1O. The van der Waals surface area contributed by atoms with E-state index >= 15 is 0 Å². The number of nitrogens with one attached hydrogen (secondary N) is 1. The van der Waals surface area contributed by atoms with Gasteiger partial charge in [-0.15, -0.1) is 0 Å². The van der Waals surface area contributed by atoms with E-state index in [0.717, 1.165) is 6.42 Å². The minimum atomic E-state index is -0.614. The van der Waals surface area contributed by atoms with Crippen LogP contribution in [-0.4, -0.2) is 33.9 Å². The van der Waals surface area contributed by atoms with Crippen LogP contribution >= 0.6 is 0 Å². The van der Waals surface area contributed by atoms with Gasteiger partial charge in [0.2, 0.25) is 0 Å². The molecule has 1 atom stereocenters. The van der Waals surface area contributed by atoms with E-state index in [9.17, 15) is 20.1 Å². The maximum Gasteiger partial charge on any atom is 0.258 e. The summed E-state index contributed by atoms with van der Waals surface area (Å²) in [7, 11) is 0. The van der Waals surface area contributed by atoms with Crippen molar-refractivity contribution in [2.24, 2.45) is 0 Å². The highest BCUT2D eigenvalue weighted by molar-refractivity contribution is 5.99. The third-order valence-electron chi connectivity index (χ3n) is 2.37. The average molecular weight is 239 g/mol. The second-order valence-corrected chi connectivity index (χ2v) is 3.82. The van der Waals surface area contributed by atoms with Crippen molar-refractivity contribution < 1.29 is 20.1 Å². The number of phenols is 2. The van der Waals surface area contributed by atoms with Crippen LogP contribution in [0.2, 0.25) is 0 Å². The molecule has 5 nitrogen and oxygen atoms in total. The molecule has 0 aromatic heterocycles. The number of aliphatic hydroxyl groups is 1. The Bertz CT molecular complexity index is 372. The fourth-order valence-corrected chi connectivity index (χ4v) is 1.50. The van der Waals surface area contributed by atoms with Crippen molar-refractivity contribution in [2.75, 3.05) is 6.54 Å². The lowest BCUT2D eigenvalue weighted by molar-refractivity contribution is 0.0904. The fraction of sp³-hybridized carbons (Fsp3) is 0.417. The van der Waals surface area contributed by atoms with Gasteiger partial charge in [0.05, 0.1) is 6.10 Å². The smallest absolute Gasteiger partial charge is 0.258 e. The Kier molecular flexibility index (Phi) is 4.78. The van der Waals surface area contributed by atoms with Gasteiger partial charge in [-0.05, 0) is 18.6 Å². The minimum Gasteiger partial charge on any atom is -0.507 e. The molecule has 17 heavy (non-hydrogen) atoms. The predicted octanol–water partition coefficient (Wildman–Crippen LogP) is 0.989. The Hall–Kier alpha value is -1.75. The van der Waals surface area contributed by atoms with Crippen molar-refractivity contribution in [1.29, 1.82) is 0 Å². The van der Waals surface area contributed by atoms with E-state index in [1.807, 2.05) is 6.92 Å². The highest BCUT2D eigenvalue weighted by atomic mass is 16.3. The summed E-state index contributed by atoms with van der Waals surface area (Å²) in [4.78, 5) is 11.7. The summed E-state index contributed by atoms with van der Waals surface area (Å²) in [5.41, 5.74) is -0.170. The Labute approximate surface area is 99.7 Å². The normalized spacial score (nSPS) is 12.1. The predicted molar refractivity (Wildman–Crippen MR) is 63.0 cm³/mol. The molecule has 0 radical (unpaired) electrons. The molecule has 0 spiro atoms. The Morgan fingerprint density at radius 1 is 1.35 bits per heavy atom. The van der Waals surface area contributed by atoms with E-state index in [1.165, 1.54) is 18.2 Å². The van der Waals surface area contributed by atoms with Crippen LogP contribution in [-0.2, 0) is 0 Å². The van der Waals surface area contributed by atoms with Crippen LogP contribution in [0.1, 0.15) is 30.1 Å². The summed E-state index contributed by atoms with van der Waals surface area (Å²) in [6.07, 6.45) is 0.795. The van der Waals surface area contributed by atoms with Crippen molar-refractivity contribution in [3.8, 4) is 11.5 Å². The number of aromatic hydroxyl groups is 2. The molecule has 5 heteroatoms. The van der Waals surface area contributed by atoms with Crippen molar-refractivity contribution in [1.82, 2.24) is 5.32 Å². The van der Waals surface area contributed by atoms with Gasteiger partial charge in [-0.25, -0.2) is 0 Å². The van der Waals surface area contributed by atoms with Crippen LogP contribution in [0, 0.1) is 0 Å². The molecule has 1 unspecified atom stereocenters. The highest BCUT2D eigenvalue weighted by Gasteiger charge is 2.16. The quantitative estimate of drug-likeness (QED) is 0.616.